The molecule has 0 N–H and O–H groups in total. The van der Waals surface area contributed by atoms with Crippen molar-refractivity contribution in [3.05, 3.63) is 160 Å². The summed E-state index contributed by atoms with van der Waals surface area (Å²) in [5, 5.41) is 2.75. The van der Waals surface area contributed by atoms with Gasteiger partial charge in [-0.1, -0.05) is 184 Å². The summed E-state index contributed by atoms with van der Waals surface area (Å²) < 4.78 is 2.72. The molecule has 0 spiro atoms. The molecule has 4 unspecified atom stereocenters. The minimum Gasteiger partial charge on any atom is -0.334 e. The predicted octanol–water partition coefficient (Wildman–Crippen LogP) is 20.8. The van der Waals surface area contributed by atoms with Crippen LogP contribution in [0.4, 0.5) is 39.8 Å². The summed E-state index contributed by atoms with van der Waals surface area (Å²) in [5.41, 5.74) is 24.9. The molecule has 0 radical (unpaired) electrons. The zero-order valence-corrected chi connectivity index (χ0v) is 54.3. The van der Waals surface area contributed by atoms with Gasteiger partial charge in [-0.15, -0.1) is 11.3 Å². The number of rotatable bonds is 3. The lowest BCUT2D eigenvalue weighted by atomic mass is 9.28. The second-order valence-electron chi connectivity index (χ2n) is 33.2. The Hall–Kier alpha value is -5.52. The average Bonchev–Trinajstić information content (AvgIpc) is 1.77. The van der Waals surface area contributed by atoms with Crippen LogP contribution in [-0.2, 0) is 32.5 Å². The van der Waals surface area contributed by atoms with E-state index < -0.39 is 0 Å². The first-order valence-electron chi connectivity index (χ1n) is 32.4. The molecule has 5 heteroatoms. The van der Waals surface area contributed by atoms with Gasteiger partial charge in [-0.3, -0.25) is 0 Å². The molecule has 1 aromatic heterocycles. The largest absolute Gasteiger partial charge is 0.334 e. The highest BCUT2D eigenvalue weighted by atomic mass is 32.1. The Balaban J connectivity index is 1.12. The van der Waals surface area contributed by atoms with E-state index >= 15 is 0 Å². The summed E-state index contributed by atoms with van der Waals surface area (Å²) >= 11 is 1.96. The van der Waals surface area contributed by atoms with Gasteiger partial charge in [0.15, 0.2) is 0 Å². The number of thiophene rings is 1. The molecule has 3 aliphatic heterocycles. The van der Waals surface area contributed by atoms with Gasteiger partial charge < -0.3 is 14.7 Å². The lowest BCUT2D eigenvalue weighted by molar-refractivity contribution is 0.195. The summed E-state index contributed by atoms with van der Waals surface area (Å²) in [6.45, 7) is 43.0. The Morgan fingerprint density at radius 2 is 1.07 bits per heavy atom. The van der Waals surface area contributed by atoms with E-state index in [4.69, 9.17) is 0 Å². The van der Waals surface area contributed by atoms with Crippen molar-refractivity contribution in [3.8, 4) is 0 Å². The minimum absolute atomic E-state index is 0.0293. The molecule has 0 bridgehead atoms. The van der Waals surface area contributed by atoms with Gasteiger partial charge in [0.05, 0.1) is 17.3 Å². The second-order valence-corrected chi connectivity index (χ2v) is 34.3. The van der Waals surface area contributed by atoms with E-state index in [-0.39, 0.29) is 67.4 Å². The third kappa shape index (κ3) is 7.46. The molecule has 428 valence electrons. The molecular weight excluding hydrogens is 1020 g/mol. The van der Waals surface area contributed by atoms with E-state index in [0.29, 0.717) is 0 Å². The molecule has 8 aliphatic rings. The molecule has 4 heterocycles. The number of nitrogens with zero attached hydrogens (tertiary/aromatic N) is 3. The smallest absolute Gasteiger partial charge is 0.226 e. The maximum Gasteiger partial charge on any atom is 0.226 e. The zero-order valence-electron chi connectivity index (χ0n) is 53.5. The molecule has 0 saturated heterocycles. The van der Waals surface area contributed by atoms with Crippen molar-refractivity contribution in [2.24, 2.45) is 10.8 Å². The Bertz CT molecular complexity index is 4010. The van der Waals surface area contributed by atoms with Gasteiger partial charge >= 0.3 is 0 Å². The molecule has 83 heavy (non-hydrogen) atoms. The molecule has 6 aromatic carbocycles. The van der Waals surface area contributed by atoms with Crippen LogP contribution in [0.1, 0.15) is 215 Å². The maximum atomic E-state index is 2.94. The fourth-order valence-electron chi connectivity index (χ4n) is 18.6. The highest BCUT2D eigenvalue weighted by Crippen LogP contribution is 2.64. The minimum atomic E-state index is -0.147. The molecule has 5 aliphatic carbocycles. The Labute approximate surface area is 503 Å². The number of hydrogen-bond acceptors (Lipinski definition) is 4. The van der Waals surface area contributed by atoms with Gasteiger partial charge in [0.25, 0.3) is 0 Å². The number of fused-ring (bicyclic) bond motifs is 13. The van der Waals surface area contributed by atoms with Crippen molar-refractivity contribution >= 4 is 89.0 Å². The summed E-state index contributed by atoms with van der Waals surface area (Å²) in [4.78, 5) is 8.70. The lowest BCUT2D eigenvalue weighted by Gasteiger charge is -2.55. The van der Waals surface area contributed by atoms with E-state index in [9.17, 15) is 0 Å². The van der Waals surface area contributed by atoms with E-state index in [1.54, 1.807) is 16.7 Å². The summed E-state index contributed by atoms with van der Waals surface area (Å²) in [7, 11) is 0. The van der Waals surface area contributed by atoms with Crippen molar-refractivity contribution < 1.29 is 0 Å². The van der Waals surface area contributed by atoms with Crippen molar-refractivity contribution in [2.45, 2.75) is 232 Å². The third-order valence-electron chi connectivity index (χ3n) is 24.4. The topological polar surface area (TPSA) is 9.72 Å². The lowest BCUT2D eigenvalue weighted by Crippen LogP contribution is -2.63. The highest BCUT2D eigenvalue weighted by molar-refractivity contribution is 7.26. The van der Waals surface area contributed by atoms with Crippen molar-refractivity contribution in [3.63, 3.8) is 0 Å². The van der Waals surface area contributed by atoms with Crippen LogP contribution in [0.15, 0.2) is 126 Å². The molecule has 2 fully saturated rings. The van der Waals surface area contributed by atoms with Gasteiger partial charge in [-0.05, 0) is 212 Å². The highest BCUT2D eigenvalue weighted by Gasteiger charge is 2.60. The first kappa shape index (κ1) is 54.2. The average molecular weight is 1110 g/mol. The van der Waals surface area contributed by atoms with Gasteiger partial charge in [0.2, 0.25) is 6.71 Å². The number of allylic oxidation sites excluding steroid dienone is 2. The van der Waals surface area contributed by atoms with Crippen molar-refractivity contribution in [1.29, 1.82) is 0 Å². The van der Waals surface area contributed by atoms with Gasteiger partial charge in [0.1, 0.15) is 0 Å². The molecule has 4 atom stereocenters. The quantitative estimate of drug-likeness (QED) is 0.163. The number of anilines is 7. The monoisotopic (exact) mass is 1110 g/mol. The second kappa shape index (κ2) is 17.1. The molecule has 7 aromatic rings. The third-order valence-corrected chi connectivity index (χ3v) is 25.5. The Kier molecular flexibility index (Phi) is 11.2. The van der Waals surface area contributed by atoms with Crippen molar-refractivity contribution in [1.82, 2.24) is 0 Å². The van der Waals surface area contributed by atoms with Crippen molar-refractivity contribution in [2.75, 3.05) is 14.7 Å². The predicted molar refractivity (Wildman–Crippen MR) is 360 cm³/mol. The van der Waals surface area contributed by atoms with Gasteiger partial charge in [0, 0.05) is 59.7 Å². The summed E-state index contributed by atoms with van der Waals surface area (Å²) in [6, 6.07) is 43.1. The summed E-state index contributed by atoms with van der Waals surface area (Å²) in [6.07, 6.45) is 17.7. The van der Waals surface area contributed by atoms with Gasteiger partial charge in [-0.25, -0.2) is 0 Å². The molecule has 15 rings (SSSR count). The molecule has 2 saturated carbocycles. The van der Waals surface area contributed by atoms with Crippen LogP contribution in [-0.4, -0.2) is 18.3 Å². The normalized spacial score (nSPS) is 27.1. The maximum absolute atomic E-state index is 2.94. The van der Waals surface area contributed by atoms with Crippen LogP contribution < -0.4 is 25.6 Å². The van der Waals surface area contributed by atoms with E-state index in [1.165, 1.54) is 157 Å². The van der Waals surface area contributed by atoms with Crippen LogP contribution in [0.5, 0.6) is 0 Å². The molecular formula is C78H92BN3S. The molecule has 0 amide bonds. The standard InChI is InChI=1S/C78H92BN3S/c1-70(2,3)47-27-30-60-57(39-47)77(16)31-20-21-32-78(77,17)82(60)49-41-64-69-65(42-49)81(61-24-22-26-67-68(61)50-23-18-19-25-66(50)83-67)63-46-56-54(74(10,11)36-38-76(56,14)15)44-59(63)79(69)58-43-53-55(75(12,13)37-35-73(53,8)9)45-62(58)80(64)48-28-29-51-52(40-48)72(6,7)34-33-71(51,4)5/h18-19,22-30,39-46,59,63H,20-21,31-38H2,1-17H3. The van der Waals surface area contributed by atoms with Crippen LogP contribution in [0.2, 0.25) is 5.82 Å². The van der Waals surface area contributed by atoms with Crippen LogP contribution in [0.3, 0.4) is 0 Å². The Morgan fingerprint density at radius 3 is 1.77 bits per heavy atom. The molecule has 3 nitrogen and oxygen atoms in total. The van der Waals surface area contributed by atoms with E-state index in [2.05, 4.69) is 248 Å². The zero-order chi connectivity index (χ0) is 58.3. The van der Waals surface area contributed by atoms with Crippen LogP contribution in [0, 0.1) is 10.8 Å². The number of benzene rings is 6. The first-order chi connectivity index (χ1) is 39.0. The SMILES string of the molecule is CC1(C)CCC(C)(C)C2=CC3C(C=C21)B1c2cc4c(cc2N(c2ccc5c(c2)C(C)(C)CCC5(C)C)c2cc(N5c6ccc(C(C)(C)C)cc6C6(C)CCCCC56C)cc(c21)N3c1cccc2sc3ccccc3c12)C(C)(C)CCC4(C)C. The Morgan fingerprint density at radius 1 is 0.470 bits per heavy atom. The van der Waals surface area contributed by atoms with Crippen LogP contribution in [0.25, 0.3) is 20.2 Å². The van der Waals surface area contributed by atoms with Gasteiger partial charge in [-0.2, -0.15) is 0 Å². The first-order valence-corrected chi connectivity index (χ1v) is 33.2. The number of hydrogen-bond donors (Lipinski definition) is 0. The van der Waals surface area contributed by atoms with E-state index in [1.807, 2.05) is 11.3 Å². The van der Waals surface area contributed by atoms with Crippen LogP contribution >= 0.6 is 11.3 Å². The fraction of sp³-hybridized carbons (Fsp3) is 0.487. The van der Waals surface area contributed by atoms with E-state index in [0.717, 1.165) is 6.42 Å². The fourth-order valence-corrected chi connectivity index (χ4v) is 19.7. The summed E-state index contributed by atoms with van der Waals surface area (Å²) in [5.74, 6) is 0.170.